The lowest BCUT2D eigenvalue weighted by Crippen LogP contribution is -2.41. The minimum atomic E-state index is 0.512. The maximum Gasteiger partial charge on any atom is 0.169 e. The molecule has 0 spiro atoms. The van der Waals surface area contributed by atoms with Crippen molar-refractivity contribution in [3.8, 4) is 17.2 Å². The molecule has 31 heavy (non-hydrogen) atoms. The molecule has 1 aliphatic rings. The van der Waals surface area contributed by atoms with Crippen LogP contribution in [0.2, 0.25) is 0 Å². The summed E-state index contributed by atoms with van der Waals surface area (Å²) in [6.07, 6.45) is 5.32. The van der Waals surface area contributed by atoms with Gasteiger partial charge in [-0.25, -0.2) is 0 Å². The lowest BCUT2D eigenvalue weighted by Gasteiger charge is -2.26. The number of rotatable bonds is 9. The zero-order valence-corrected chi connectivity index (χ0v) is 19.1. The molecule has 0 unspecified atom stereocenters. The van der Waals surface area contributed by atoms with Gasteiger partial charge in [-0.05, 0) is 72.9 Å². The van der Waals surface area contributed by atoms with Crippen molar-refractivity contribution in [1.29, 1.82) is 0 Å². The molecule has 0 aliphatic heterocycles. The van der Waals surface area contributed by atoms with Crippen LogP contribution in [0.4, 0.5) is 0 Å². The molecule has 1 saturated carbocycles. The fraction of sp³-hybridized carbons (Fsp3) is 0.375. The molecule has 0 radical (unpaired) electrons. The van der Waals surface area contributed by atoms with Gasteiger partial charge in [-0.3, -0.25) is 0 Å². The lowest BCUT2D eigenvalue weighted by atomic mass is 10.1. The molecule has 3 aromatic rings. The van der Waals surface area contributed by atoms with E-state index in [9.17, 15) is 0 Å². The van der Waals surface area contributed by atoms with E-state index in [1.165, 1.54) is 23.8 Å². The van der Waals surface area contributed by atoms with Gasteiger partial charge in [0, 0.05) is 36.2 Å². The van der Waals surface area contributed by atoms with Gasteiger partial charge >= 0.3 is 0 Å². The largest absolute Gasteiger partial charge is 0.497 e. The maximum absolute atomic E-state index is 5.76. The molecule has 4 rings (SSSR count). The summed E-state index contributed by atoms with van der Waals surface area (Å²) in [4.78, 5) is 5.59. The molecular weight excluding hydrogens is 410 g/mol. The predicted molar refractivity (Wildman–Crippen MR) is 127 cm³/mol. The van der Waals surface area contributed by atoms with E-state index in [1.807, 2.05) is 18.2 Å². The van der Waals surface area contributed by atoms with Crippen LogP contribution in [0, 0.1) is 0 Å². The Bertz CT molecular complexity index is 1060. The van der Waals surface area contributed by atoms with E-state index < -0.39 is 0 Å². The van der Waals surface area contributed by atoms with Gasteiger partial charge in [0.2, 0.25) is 0 Å². The molecule has 0 atom stereocenters. The highest BCUT2D eigenvalue weighted by molar-refractivity contribution is 7.80. The third-order valence-electron chi connectivity index (χ3n) is 5.64. The molecular formula is C24H29N3O3S. The lowest BCUT2D eigenvalue weighted by molar-refractivity contribution is 0.352. The van der Waals surface area contributed by atoms with E-state index in [4.69, 9.17) is 26.4 Å². The molecule has 1 fully saturated rings. The van der Waals surface area contributed by atoms with Crippen molar-refractivity contribution in [3.63, 3.8) is 0 Å². The molecule has 2 N–H and O–H groups in total. The number of hydrogen-bond donors (Lipinski definition) is 2. The number of thiocarbonyl (C=S) groups is 1. The van der Waals surface area contributed by atoms with Crippen LogP contribution in [0.25, 0.3) is 10.9 Å². The second-order valence-electron chi connectivity index (χ2n) is 7.81. The Kier molecular flexibility index (Phi) is 6.51. The first kappa shape index (κ1) is 21.3. The van der Waals surface area contributed by atoms with Crippen LogP contribution in [-0.4, -0.2) is 48.9 Å². The van der Waals surface area contributed by atoms with Crippen molar-refractivity contribution >= 4 is 28.2 Å². The normalized spacial score (nSPS) is 13.1. The van der Waals surface area contributed by atoms with Crippen LogP contribution in [0.15, 0.2) is 42.6 Å². The number of benzene rings is 2. The summed E-state index contributed by atoms with van der Waals surface area (Å²) in [5.41, 5.74) is 3.49. The molecule has 164 valence electrons. The fourth-order valence-corrected chi connectivity index (χ4v) is 4.01. The van der Waals surface area contributed by atoms with Crippen LogP contribution >= 0.6 is 12.2 Å². The van der Waals surface area contributed by atoms with E-state index >= 15 is 0 Å². The zero-order chi connectivity index (χ0) is 21.8. The molecule has 0 amide bonds. The predicted octanol–water partition coefficient (Wildman–Crippen LogP) is 4.28. The summed E-state index contributed by atoms with van der Waals surface area (Å²) in [6.45, 7) is 1.50. The summed E-state index contributed by atoms with van der Waals surface area (Å²) >= 11 is 5.76. The van der Waals surface area contributed by atoms with Gasteiger partial charge in [0.1, 0.15) is 5.75 Å². The van der Waals surface area contributed by atoms with Crippen molar-refractivity contribution in [3.05, 3.63) is 53.7 Å². The Hall–Kier alpha value is -2.93. The van der Waals surface area contributed by atoms with Gasteiger partial charge in [0.25, 0.3) is 0 Å². The van der Waals surface area contributed by atoms with Crippen molar-refractivity contribution in [2.24, 2.45) is 0 Å². The molecule has 7 heteroatoms. The molecule has 1 heterocycles. The average Bonchev–Trinajstić information content (AvgIpc) is 3.53. The van der Waals surface area contributed by atoms with Gasteiger partial charge < -0.3 is 29.4 Å². The Morgan fingerprint density at radius 3 is 2.58 bits per heavy atom. The van der Waals surface area contributed by atoms with E-state index in [0.717, 1.165) is 46.4 Å². The van der Waals surface area contributed by atoms with Gasteiger partial charge in [-0.15, -0.1) is 0 Å². The maximum atomic E-state index is 5.76. The van der Waals surface area contributed by atoms with Crippen LogP contribution in [0.1, 0.15) is 24.0 Å². The summed E-state index contributed by atoms with van der Waals surface area (Å²) in [5, 5.41) is 5.47. The molecule has 6 nitrogen and oxygen atoms in total. The third-order valence-corrected chi connectivity index (χ3v) is 6.02. The highest BCUT2D eigenvalue weighted by Gasteiger charge is 2.24. The summed E-state index contributed by atoms with van der Waals surface area (Å²) < 4.78 is 16.2. The topological polar surface area (TPSA) is 58.8 Å². The molecule has 0 saturated heterocycles. The number of methoxy groups -OCH3 is 3. The van der Waals surface area contributed by atoms with Gasteiger partial charge in [-0.2, -0.15) is 0 Å². The van der Waals surface area contributed by atoms with Gasteiger partial charge in [0.05, 0.1) is 21.3 Å². The molecule has 1 aromatic heterocycles. The SMILES string of the molecule is COc1ccc2[nH]cc(CCN(Cc3ccc(OC)c(OC)c3)C(=S)NC3CC3)c2c1. The van der Waals surface area contributed by atoms with E-state index in [1.54, 1.807) is 21.3 Å². The minimum Gasteiger partial charge on any atom is -0.497 e. The van der Waals surface area contributed by atoms with E-state index in [-0.39, 0.29) is 0 Å². The van der Waals surface area contributed by atoms with Gasteiger partial charge in [0.15, 0.2) is 16.6 Å². The number of hydrogen-bond acceptors (Lipinski definition) is 4. The van der Waals surface area contributed by atoms with Crippen molar-refractivity contribution in [2.45, 2.75) is 31.8 Å². The minimum absolute atomic E-state index is 0.512. The second kappa shape index (κ2) is 9.47. The first-order valence-corrected chi connectivity index (χ1v) is 10.9. The number of ether oxygens (including phenoxy) is 3. The van der Waals surface area contributed by atoms with Crippen LogP contribution < -0.4 is 19.5 Å². The van der Waals surface area contributed by atoms with Crippen LogP contribution in [-0.2, 0) is 13.0 Å². The van der Waals surface area contributed by atoms with Gasteiger partial charge in [-0.1, -0.05) is 6.07 Å². The van der Waals surface area contributed by atoms with Crippen molar-refractivity contribution in [2.75, 3.05) is 27.9 Å². The van der Waals surface area contributed by atoms with E-state index in [0.29, 0.717) is 12.6 Å². The average molecular weight is 440 g/mol. The Morgan fingerprint density at radius 2 is 1.87 bits per heavy atom. The number of fused-ring (bicyclic) bond motifs is 1. The molecule has 0 bridgehead atoms. The first-order chi connectivity index (χ1) is 15.1. The highest BCUT2D eigenvalue weighted by atomic mass is 32.1. The molecule has 1 aliphatic carbocycles. The number of aromatic amines is 1. The monoisotopic (exact) mass is 439 g/mol. The number of nitrogens with zero attached hydrogens (tertiary/aromatic N) is 1. The van der Waals surface area contributed by atoms with Crippen LogP contribution in [0.5, 0.6) is 17.2 Å². The fourth-order valence-electron chi connectivity index (χ4n) is 3.69. The van der Waals surface area contributed by atoms with Crippen molar-refractivity contribution in [1.82, 2.24) is 15.2 Å². The Balaban J connectivity index is 1.52. The number of aromatic nitrogens is 1. The standard InChI is InChI=1S/C24H29N3O3S/c1-28-19-7-8-21-20(13-19)17(14-25-21)10-11-27(24(31)26-18-5-6-18)15-16-4-9-22(29-2)23(12-16)30-3/h4,7-9,12-14,18,25H,5-6,10-11,15H2,1-3H3,(H,26,31). The number of H-pyrrole nitrogens is 1. The van der Waals surface area contributed by atoms with Crippen LogP contribution in [0.3, 0.4) is 0 Å². The third kappa shape index (κ3) is 5.05. The zero-order valence-electron chi connectivity index (χ0n) is 18.2. The van der Waals surface area contributed by atoms with E-state index in [2.05, 4.69) is 39.6 Å². The quantitative estimate of drug-likeness (QED) is 0.486. The summed E-state index contributed by atoms with van der Waals surface area (Å²) in [5.74, 6) is 2.32. The molecule has 2 aromatic carbocycles. The first-order valence-electron chi connectivity index (χ1n) is 10.5. The highest BCUT2D eigenvalue weighted by Crippen LogP contribution is 2.29. The second-order valence-corrected chi connectivity index (χ2v) is 8.20. The van der Waals surface area contributed by atoms with Crippen molar-refractivity contribution < 1.29 is 14.2 Å². The number of nitrogens with one attached hydrogen (secondary N) is 2. The smallest absolute Gasteiger partial charge is 0.169 e. The Morgan fingerprint density at radius 1 is 1.06 bits per heavy atom. The summed E-state index contributed by atoms with van der Waals surface area (Å²) in [7, 11) is 5.00. The Labute approximate surface area is 188 Å². The summed E-state index contributed by atoms with van der Waals surface area (Å²) in [6, 6.07) is 12.6.